The van der Waals surface area contributed by atoms with Crippen LogP contribution in [-0.2, 0) is 0 Å². The number of nitrogens with zero attached hydrogens (tertiary/aromatic N) is 1. The van der Waals surface area contributed by atoms with Gasteiger partial charge in [-0.1, -0.05) is 53.5 Å². The second-order valence-electron chi connectivity index (χ2n) is 6.30. The summed E-state index contributed by atoms with van der Waals surface area (Å²) in [5.41, 5.74) is 7.66. The number of fused-ring (bicyclic) bond motifs is 1. The van der Waals surface area contributed by atoms with Crippen LogP contribution in [0.2, 0.25) is 10.0 Å². The van der Waals surface area contributed by atoms with Gasteiger partial charge in [-0.25, -0.2) is 0 Å². The van der Waals surface area contributed by atoms with E-state index in [1.165, 1.54) is 0 Å². The number of halogens is 2. The van der Waals surface area contributed by atoms with Gasteiger partial charge in [0.25, 0.3) is 0 Å². The summed E-state index contributed by atoms with van der Waals surface area (Å²) in [6.45, 7) is 0. The third-order valence-electron chi connectivity index (χ3n) is 4.34. The number of nitrogens with one attached hydrogen (secondary N) is 3. The monoisotopic (exact) mass is 438 g/mol. The first kappa shape index (κ1) is 19.5. The minimum atomic E-state index is 0.386. The summed E-state index contributed by atoms with van der Waals surface area (Å²) >= 11 is 17.2. The van der Waals surface area contributed by atoms with E-state index in [2.05, 4.69) is 26.9 Å². The highest BCUT2D eigenvalue weighted by molar-refractivity contribution is 7.80. The van der Waals surface area contributed by atoms with E-state index < -0.39 is 0 Å². The molecular formula is C22H16Cl2N4S. The lowest BCUT2D eigenvalue weighted by Gasteiger charge is -2.07. The fourth-order valence-corrected chi connectivity index (χ4v) is 3.41. The van der Waals surface area contributed by atoms with Crippen LogP contribution in [0.25, 0.3) is 22.2 Å². The first-order valence-corrected chi connectivity index (χ1v) is 9.99. The van der Waals surface area contributed by atoms with Crippen LogP contribution in [0, 0.1) is 0 Å². The Balaban J connectivity index is 1.57. The summed E-state index contributed by atoms with van der Waals surface area (Å²) in [6.07, 6.45) is 1.76. The average Bonchev–Trinajstić information content (AvgIpc) is 3.09. The van der Waals surface area contributed by atoms with Crippen LogP contribution < -0.4 is 10.7 Å². The lowest BCUT2D eigenvalue weighted by molar-refractivity contribution is 1.05. The molecule has 0 aliphatic carbocycles. The van der Waals surface area contributed by atoms with E-state index in [1.54, 1.807) is 18.3 Å². The Bertz CT molecular complexity index is 1180. The lowest BCUT2D eigenvalue weighted by atomic mass is 10.1. The fourth-order valence-electron chi connectivity index (χ4n) is 2.99. The Kier molecular flexibility index (Phi) is 5.81. The van der Waals surface area contributed by atoms with Crippen LogP contribution in [0.3, 0.4) is 0 Å². The summed E-state index contributed by atoms with van der Waals surface area (Å²) in [5.74, 6) is 0. The van der Waals surface area contributed by atoms with Crippen molar-refractivity contribution in [1.82, 2.24) is 10.4 Å². The van der Waals surface area contributed by atoms with Gasteiger partial charge in [0, 0.05) is 32.2 Å². The maximum atomic E-state index is 6.04. The van der Waals surface area contributed by atoms with Crippen LogP contribution >= 0.6 is 35.4 Å². The van der Waals surface area contributed by atoms with Gasteiger partial charge in [0.15, 0.2) is 5.11 Å². The number of benzene rings is 3. The van der Waals surface area contributed by atoms with E-state index in [-0.39, 0.29) is 0 Å². The van der Waals surface area contributed by atoms with Crippen molar-refractivity contribution >= 4 is 63.3 Å². The molecule has 0 amide bonds. The molecule has 0 fully saturated rings. The molecule has 0 aliphatic rings. The van der Waals surface area contributed by atoms with E-state index in [1.807, 2.05) is 54.6 Å². The molecule has 144 valence electrons. The molecular weight excluding hydrogens is 423 g/mol. The van der Waals surface area contributed by atoms with Gasteiger partial charge < -0.3 is 10.3 Å². The second-order valence-corrected chi connectivity index (χ2v) is 7.58. The van der Waals surface area contributed by atoms with E-state index in [9.17, 15) is 0 Å². The average molecular weight is 439 g/mol. The SMILES string of the molecule is S=C(N/N=C/c1c(-c2ccc(Cl)cc2)[nH]c2ccccc12)Nc1ccc(Cl)cc1. The predicted molar refractivity (Wildman–Crippen MR) is 127 cm³/mol. The highest BCUT2D eigenvalue weighted by Gasteiger charge is 2.11. The molecule has 4 nitrogen and oxygen atoms in total. The summed E-state index contributed by atoms with van der Waals surface area (Å²) in [6, 6.07) is 23.0. The summed E-state index contributed by atoms with van der Waals surface area (Å²) < 4.78 is 0. The molecule has 0 unspecified atom stereocenters. The quantitative estimate of drug-likeness (QED) is 0.194. The first-order valence-electron chi connectivity index (χ1n) is 8.82. The zero-order chi connectivity index (χ0) is 20.2. The molecule has 3 aromatic carbocycles. The van der Waals surface area contributed by atoms with E-state index in [0.717, 1.165) is 33.4 Å². The van der Waals surface area contributed by atoms with Gasteiger partial charge >= 0.3 is 0 Å². The molecule has 0 saturated heterocycles. The molecule has 0 bridgehead atoms. The third-order valence-corrected chi connectivity index (χ3v) is 5.04. The lowest BCUT2D eigenvalue weighted by Crippen LogP contribution is -2.23. The Labute approximate surface area is 183 Å². The molecule has 1 heterocycles. The topological polar surface area (TPSA) is 52.2 Å². The minimum Gasteiger partial charge on any atom is -0.354 e. The number of thiocarbonyl (C=S) groups is 1. The Hall–Kier alpha value is -2.86. The van der Waals surface area contributed by atoms with Crippen LogP contribution in [0.1, 0.15) is 5.56 Å². The van der Waals surface area contributed by atoms with Crippen molar-refractivity contribution in [3.05, 3.63) is 88.4 Å². The van der Waals surface area contributed by atoms with Crippen molar-refractivity contribution in [3.63, 3.8) is 0 Å². The van der Waals surface area contributed by atoms with Gasteiger partial charge in [-0.15, -0.1) is 0 Å². The highest BCUT2D eigenvalue weighted by atomic mass is 35.5. The normalized spacial score (nSPS) is 11.1. The second kappa shape index (κ2) is 8.66. The molecule has 0 aliphatic heterocycles. The molecule has 0 atom stereocenters. The molecule has 4 aromatic rings. The van der Waals surface area contributed by atoms with Crippen molar-refractivity contribution in [2.75, 3.05) is 5.32 Å². The number of H-pyrrole nitrogens is 1. The van der Waals surface area contributed by atoms with Crippen LogP contribution in [0.15, 0.2) is 77.9 Å². The zero-order valence-electron chi connectivity index (χ0n) is 15.1. The van der Waals surface area contributed by atoms with Crippen LogP contribution in [0.4, 0.5) is 5.69 Å². The van der Waals surface area contributed by atoms with Gasteiger partial charge in [-0.3, -0.25) is 5.43 Å². The summed E-state index contributed by atoms with van der Waals surface area (Å²) in [4.78, 5) is 3.46. The van der Waals surface area contributed by atoms with E-state index in [4.69, 9.17) is 35.4 Å². The standard InChI is InChI=1S/C22H16Cl2N4S/c23-15-7-5-14(6-8-15)21-19(18-3-1-2-4-20(18)27-21)13-25-28-22(29)26-17-11-9-16(24)10-12-17/h1-13,27H,(H2,26,28,29)/b25-13+. The number of hydrogen-bond donors (Lipinski definition) is 3. The van der Waals surface area contributed by atoms with Crippen molar-refractivity contribution in [3.8, 4) is 11.3 Å². The minimum absolute atomic E-state index is 0.386. The van der Waals surface area contributed by atoms with Gasteiger partial charge in [-0.2, -0.15) is 5.10 Å². The van der Waals surface area contributed by atoms with Gasteiger partial charge in [-0.05, 0) is 60.2 Å². The molecule has 3 N–H and O–H groups in total. The van der Waals surface area contributed by atoms with Crippen molar-refractivity contribution < 1.29 is 0 Å². The van der Waals surface area contributed by atoms with Gasteiger partial charge in [0.1, 0.15) is 0 Å². The molecule has 7 heteroatoms. The van der Waals surface area contributed by atoms with Gasteiger partial charge in [0.05, 0.1) is 11.9 Å². The number of rotatable bonds is 4. The summed E-state index contributed by atoms with van der Waals surface area (Å²) in [7, 11) is 0. The Morgan fingerprint density at radius 2 is 1.55 bits per heavy atom. The number of para-hydroxylation sites is 1. The Morgan fingerprint density at radius 1 is 0.897 bits per heavy atom. The maximum absolute atomic E-state index is 6.04. The van der Waals surface area contributed by atoms with Crippen LogP contribution in [0.5, 0.6) is 0 Å². The highest BCUT2D eigenvalue weighted by Crippen LogP contribution is 2.29. The number of hydrazone groups is 1. The summed E-state index contributed by atoms with van der Waals surface area (Å²) in [5, 5.41) is 10.2. The zero-order valence-corrected chi connectivity index (χ0v) is 17.4. The number of aromatic amines is 1. The smallest absolute Gasteiger partial charge is 0.191 e. The molecule has 4 rings (SSSR count). The van der Waals surface area contributed by atoms with Crippen LogP contribution in [-0.4, -0.2) is 16.3 Å². The molecule has 29 heavy (non-hydrogen) atoms. The molecule has 0 radical (unpaired) electrons. The molecule has 0 spiro atoms. The van der Waals surface area contributed by atoms with E-state index in [0.29, 0.717) is 15.2 Å². The first-order chi connectivity index (χ1) is 14.1. The van der Waals surface area contributed by atoms with E-state index >= 15 is 0 Å². The number of anilines is 1. The van der Waals surface area contributed by atoms with Crippen molar-refractivity contribution in [2.45, 2.75) is 0 Å². The largest absolute Gasteiger partial charge is 0.354 e. The fraction of sp³-hybridized carbons (Fsp3) is 0. The molecule has 0 saturated carbocycles. The number of aromatic nitrogens is 1. The maximum Gasteiger partial charge on any atom is 0.191 e. The Morgan fingerprint density at radius 3 is 2.28 bits per heavy atom. The van der Waals surface area contributed by atoms with Crippen molar-refractivity contribution in [1.29, 1.82) is 0 Å². The number of hydrogen-bond acceptors (Lipinski definition) is 2. The predicted octanol–water partition coefficient (Wildman–Crippen LogP) is 6.46. The van der Waals surface area contributed by atoms with Gasteiger partial charge in [0.2, 0.25) is 0 Å². The third kappa shape index (κ3) is 4.59. The molecule has 1 aromatic heterocycles. The van der Waals surface area contributed by atoms with Crippen molar-refractivity contribution in [2.24, 2.45) is 5.10 Å².